The predicted molar refractivity (Wildman–Crippen MR) is 83.9 cm³/mol. The standard InChI is InChI=1S/C16H20N4O3/c1-11(2)14(8-20-10-17-9-18-20)19-15(21)12-4-6-13(7-5-12)16(22)23-3/h4-7,9-11,14H,8H2,1-3H3,(H,19,21). The highest BCUT2D eigenvalue weighted by atomic mass is 16.5. The molecule has 1 aromatic heterocycles. The Hall–Kier alpha value is -2.70. The molecule has 0 saturated carbocycles. The molecule has 122 valence electrons. The van der Waals surface area contributed by atoms with Crippen molar-refractivity contribution < 1.29 is 14.3 Å². The summed E-state index contributed by atoms with van der Waals surface area (Å²) in [6.07, 6.45) is 3.08. The topological polar surface area (TPSA) is 86.1 Å². The largest absolute Gasteiger partial charge is 0.465 e. The van der Waals surface area contributed by atoms with Gasteiger partial charge in [-0.15, -0.1) is 0 Å². The van der Waals surface area contributed by atoms with Crippen LogP contribution in [0, 0.1) is 5.92 Å². The number of aromatic nitrogens is 3. The molecule has 1 aromatic carbocycles. The second kappa shape index (κ2) is 7.53. The molecule has 0 saturated heterocycles. The van der Waals surface area contributed by atoms with E-state index in [1.165, 1.54) is 13.4 Å². The van der Waals surface area contributed by atoms with Gasteiger partial charge < -0.3 is 10.1 Å². The summed E-state index contributed by atoms with van der Waals surface area (Å²) in [4.78, 5) is 27.7. The van der Waals surface area contributed by atoms with E-state index in [1.807, 2.05) is 13.8 Å². The van der Waals surface area contributed by atoms with Crippen molar-refractivity contribution in [3.8, 4) is 0 Å². The number of hydrogen-bond donors (Lipinski definition) is 1. The van der Waals surface area contributed by atoms with Crippen LogP contribution in [0.3, 0.4) is 0 Å². The van der Waals surface area contributed by atoms with Gasteiger partial charge in [0.15, 0.2) is 0 Å². The second-order valence-electron chi connectivity index (χ2n) is 5.51. The van der Waals surface area contributed by atoms with E-state index >= 15 is 0 Å². The van der Waals surface area contributed by atoms with E-state index in [9.17, 15) is 9.59 Å². The molecule has 0 bridgehead atoms. The third-order valence-electron chi connectivity index (χ3n) is 3.54. The number of rotatable bonds is 6. The molecule has 0 aliphatic rings. The van der Waals surface area contributed by atoms with Crippen molar-refractivity contribution in [1.29, 1.82) is 0 Å². The summed E-state index contributed by atoms with van der Waals surface area (Å²) in [5, 5.41) is 7.05. The van der Waals surface area contributed by atoms with Crippen LogP contribution in [-0.4, -0.2) is 39.8 Å². The van der Waals surface area contributed by atoms with E-state index in [2.05, 4.69) is 20.1 Å². The van der Waals surface area contributed by atoms with Crippen molar-refractivity contribution in [2.45, 2.75) is 26.4 Å². The maximum Gasteiger partial charge on any atom is 0.337 e. The van der Waals surface area contributed by atoms with Gasteiger partial charge >= 0.3 is 5.97 Å². The first kappa shape index (κ1) is 16.7. The average molecular weight is 316 g/mol. The van der Waals surface area contributed by atoms with E-state index in [0.29, 0.717) is 17.7 Å². The zero-order valence-corrected chi connectivity index (χ0v) is 13.4. The van der Waals surface area contributed by atoms with E-state index in [1.54, 1.807) is 35.3 Å². The van der Waals surface area contributed by atoms with Gasteiger partial charge in [-0.05, 0) is 30.2 Å². The number of esters is 1. The smallest absolute Gasteiger partial charge is 0.337 e. The maximum absolute atomic E-state index is 12.4. The molecular weight excluding hydrogens is 296 g/mol. The van der Waals surface area contributed by atoms with Crippen LogP contribution in [-0.2, 0) is 11.3 Å². The Bertz CT molecular complexity index is 650. The van der Waals surface area contributed by atoms with Gasteiger partial charge in [0.05, 0.1) is 25.3 Å². The van der Waals surface area contributed by atoms with Crippen molar-refractivity contribution in [2.75, 3.05) is 7.11 Å². The van der Waals surface area contributed by atoms with Crippen molar-refractivity contribution in [2.24, 2.45) is 5.92 Å². The molecule has 7 nitrogen and oxygen atoms in total. The average Bonchev–Trinajstić information content (AvgIpc) is 3.06. The molecule has 1 amide bonds. The Morgan fingerprint density at radius 3 is 2.39 bits per heavy atom. The van der Waals surface area contributed by atoms with E-state index in [-0.39, 0.29) is 17.9 Å². The molecule has 2 rings (SSSR count). The summed E-state index contributed by atoms with van der Waals surface area (Å²) >= 11 is 0. The van der Waals surface area contributed by atoms with Gasteiger partial charge in [-0.2, -0.15) is 5.10 Å². The minimum atomic E-state index is -0.428. The van der Waals surface area contributed by atoms with Crippen LogP contribution in [0.4, 0.5) is 0 Å². The van der Waals surface area contributed by atoms with Crippen molar-refractivity contribution in [1.82, 2.24) is 20.1 Å². The summed E-state index contributed by atoms with van der Waals surface area (Å²) in [5.41, 5.74) is 0.897. The second-order valence-corrected chi connectivity index (χ2v) is 5.51. The molecule has 1 heterocycles. The minimum Gasteiger partial charge on any atom is -0.465 e. The summed E-state index contributed by atoms with van der Waals surface area (Å²) in [6, 6.07) is 6.28. The summed E-state index contributed by atoms with van der Waals surface area (Å²) in [7, 11) is 1.32. The molecule has 1 unspecified atom stereocenters. The quantitative estimate of drug-likeness (QED) is 0.817. The van der Waals surface area contributed by atoms with Gasteiger partial charge in [0.2, 0.25) is 0 Å². The van der Waals surface area contributed by atoms with Gasteiger partial charge in [-0.25, -0.2) is 9.78 Å². The van der Waals surface area contributed by atoms with Crippen molar-refractivity contribution in [3.63, 3.8) is 0 Å². The summed E-state index contributed by atoms with van der Waals surface area (Å²) < 4.78 is 6.32. The monoisotopic (exact) mass is 316 g/mol. The number of benzene rings is 1. The number of carbonyl (C=O) groups excluding carboxylic acids is 2. The molecule has 2 aromatic rings. The molecule has 0 aliphatic carbocycles. The Balaban J connectivity index is 2.04. The molecule has 1 atom stereocenters. The predicted octanol–water partition coefficient (Wildman–Crippen LogP) is 1.52. The Morgan fingerprint density at radius 2 is 1.87 bits per heavy atom. The van der Waals surface area contributed by atoms with Crippen LogP contribution in [0.25, 0.3) is 0 Å². The Labute approximate surface area is 134 Å². The van der Waals surface area contributed by atoms with Gasteiger partial charge in [0.1, 0.15) is 12.7 Å². The van der Waals surface area contributed by atoms with Gasteiger partial charge in [0.25, 0.3) is 5.91 Å². The number of ether oxygens (including phenoxy) is 1. The van der Waals surface area contributed by atoms with Crippen LogP contribution in [0.1, 0.15) is 34.6 Å². The normalized spacial score (nSPS) is 12.0. The molecule has 7 heteroatoms. The highest BCUT2D eigenvalue weighted by Crippen LogP contribution is 2.09. The van der Waals surface area contributed by atoms with Crippen LogP contribution in [0.2, 0.25) is 0 Å². The fourth-order valence-electron chi connectivity index (χ4n) is 2.08. The van der Waals surface area contributed by atoms with E-state index in [0.717, 1.165) is 0 Å². The lowest BCUT2D eigenvalue weighted by Crippen LogP contribution is -2.41. The lowest BCUT2D eigenvalue weighted by atomic mass is 10.0. The Kier molecular flexibility index (Phi) is 5.46. The van der Waals surface area contributed by atoms with Gasteiger partial charge in [-0.1, -0.05) is 13.8 Å². The van der Waals surface area contributed by atoms with Crippen LogP contribution >= 0.6 is 0 Å². The highest BCUT2D eigenvalue weighted by Gasteiger charge is 2.18. The number of nitrogens with one attached hydrogen (secondary N) is 1. The summed E-state index contributed by atoms with van der Waals surface area (Å²) in [5.74, 6) is -0.388. The number of nitrogens with zero attached hydrogens (tertiary/aromatic N) is 3. The SMILES string of the molecule is COC(=O)c1ccc(C(=O)NC(Cn2cncn2)C(C)C)cc1. The maximum atomic E-state index is 12.4. The number of methoxy groups -OCH3 is 1. The zero-order valence-electron chi connectivity index (χ0n) is 13.4. The van der Waals surface area contributed by atoms with Crippen LogP contribution < -0.4 is 5.32 Å². The van der Waals surface area contributed by atoms with Crippen LogP contribution in [0.15, 0.2) is 36.9 Å². The highest BCUT2D eigenvalue weighted by molar-refractivity contribution is 5.96. The van der Waals surface area contributed by atoms with Crippen LogP contribution in [0.5, 0.6) is 0 Å². The van der Waals surface area contributed by atoms with Gasteiger partial charge in [-0.3, -0.25) is 9.48 Å². The molecule has 0 fully saturated rings. The van der Waals surface area contributed by atoms with Crippen molar-refractivity contribution in [3.05, 3.63) is 48.0 Å². The lowest BCUT2D eigenvalue weighted by molar-refractivity contribution is 0.0600. The van der Waals surface area contributed by atoms with E-state index < -0.39 is 5.97 Å². The first-order valence-corrected chi connectivity index (χ1v) is 7.33. The number of amides is 1. The number of carbonyl (C=O) groups is 2. The summed E-state index contributed by atoms with van der Waals surface area (Å²) in [6.45, 7) is 4.61. The zero-order chi connectivity index (χ0) is 16.8. The molecular formula is C16H20N4O3. The Morgan fingerprint density at radius 1 is 1.22 bits per heavy atom. The molecule has 0 radical (unpaired) electrons. The first-order valence-electron chi connectivity index (χ1n) is 7.33. The number of hydrogen-bond acceptors (Lipinski definition) is 5. The van der Waals surface area contributed by atoms with Gasteiger partial charge in [0, 0.05) is 5.56 Å². The molecule has 1 N–H and O–H groups in total. The van der Waals surface area contributed by atoms with Crippen molar-refractivity contribution >= 4 is 11.9 Å². The van der Waals surface area contributed by atoms with E-state index in [4.69, 9.17) is 0 Å². The molecule has 23 heavy (non-hydrogen) atoms. The molecule has 0 spiro atoms. The third kappa shape index (κ3) is 4.38. The third-order valence-corrected chi connectivity index (χ3v) is 3.54. The minimum absolute atomic E-state index is 0.0792. The fourth-order valence-corrected chi connectivity index (χ4v) is 2.08. The fraction of sp³-hybridized carbons (Fsp3) is 0.375. The first-order chi connectivity index (χ1) is 11.0. The molecule has 0 aliphatic heterocycles. The lowest BCUT2D eigenvalue weighted by Gasteiger charge is -2.22.